The maximum atomic E-state index is 12.8. The van der Waals surface area contributed by atoms with E-state index in [2.05, 4.69) is 4.98 Å². The molecular weight excluding hydrogens is 296 g/mol. The number of hydrogen-bond donors (Lipinski definition) is 2. The van der Waals surface area contributed by atoms with Crippen LogP contribution in [0.2, 0.25) is 0 Å². The first kappa shape index (κ1) is 15.3. The van der Waals surface area contributed by atoms with E-state index in [0.29, 0.717) is 16.3 Å². The Bertz CT molecular complexity index is 836. The second kappa shape index (κ2) is 5.87. The number of aliphatic carboxylic acids is 1. The van der Waals surface area contributed by atoms with Crippen LogP contribution in [0.4, 0.5) is 0 Å². The highest BCUT2D eigenvalue weighted by Crippen LogP contribution is 2.27. The number of carbonyl (C=O) groups is 2. The molecule has 1 fully saturated rings. The van der Waals surface area contributed by atoms with E-state index in [1.807, 2.05) is 6.07 Å². The molecule has 2 N–H and O–H groups in total. The minimum absolute atomic E-state index is 0.0621. The number of hydrogen-bond acceptors (Lipinski definition) is 3. The zero-order chi connectivity index (χ0) is 16.6. The van der Waals surface area contributed by atoms with Crippen LogP contribution in [0.1, 0.15) is 35.3 Å². The first-order valence-corrected chi connectivity index (χ1v) is 7.63. The Morgan fingerprint density at radius 2 is 1.91 bits per heavy atom. The fraction of sp³-hybridized carbons (Fsp3) is 0.353. The van der Waals surface area contributed by atoms with Gasteiger partial charge in [-0.3, -0.25) is 14.4 Å². The van der Waals surface area contributed by atoms with Crippen molar-refractivity contribution in [2.45, 2.75) is 32.2 Å². The molecule has 6 heteroatoms. The molecule has 1 aliphatic rings. The van der Waals surface area contributed by atoms with Crippen molar-refractivity contribution in [3.8, 4) is 0 Å². The quantitative estimate of drug-likeness (QED) is 0.902. The normalized spacial score (nSPS) is 14.5. The summed E-state index contributed by atoms with van der Waals surface area (Å²) in [6.07, 6.45) is 2.59. The molecule has 23 heavy (non-hydrogen) atoms. The van der Waals surface area contributed by atoms with Crippen molar-refractivity contribution >= 4 is 22.6 Å². The Morgan fingerprint density at radius 3 is 2.48 bits per heavy atom. The van der Waals surface area contributed by atoms with Gasteiger partial charge in [-0.15, -0.1) is 0 Å². The van der Waals surface area contributed by atoms with Gasteiger partial charge in [0.2, 0.25) is 0 Å². The molecule has 0 radical (unpaired) electrons. The third-order valence-electron chi connectivity index (χ3n) is 4.49. The standard InChI is InChI=1S/C17H18N2O4/c1-10-12-7-2-3-8-13(12)16(22)18-15(10)17(23)19(9-14(20)21)11-5-4-6-11/h2-3,7-8,11H,4-6,9H2,1H3,(H,18,22)(H,20,21). The van der Waals surface area contributed by atoms with Crippen LogP contribution >= 0.6 is 0 Å². The van der Waals surface area contributed by atoms with Crippen molar-refractivity contribution in [1.82, 2.24) is 9.88 Å². The number of fused-ring (bicyclic) bond motifs is 1. The first-order valence-electron chi connectivity index (χ1n) is 7.63. The van der Waals surface area contributed by atoms with Gasteiger partial charge in [0.25, 0.3) is 11.5 Å². The van der Waals surface area contributed by atoms with E-state index in [4.69, 9.17) is 5.11 Å². The Balaban J connectivity index is 2.07. The summed E-state index contributed by atoms with van der Waals surface area (Å²) in [5.41, 5.74) is 0.514. The summed E-state index contributed by atoms with van der Waals surface area (Å²) >= 11 is 0. The lowest BCUT2D eigenvalue weighted by Gasteiger charge is -2.36. The number of H-pyrrole nitrogens is 1. The Hall–Kier alpha value is -2.63. The van der Waals surface area contributed by atoms with E-state index in [-0.39, 0.29) is 23.8 Å². The summed E-state index contributed by atoms with van der Waals surface area (Å²) in [7, 11) is 0. The predicted octanol–water partition coefficient (Wildman–Crippen LogP) is 1.92. The van der Waals surface area contributed by atoms with Crippen molar-refractivity contribution < 1.29 is 14.7 Å². The van der Waals surface area contributed by atoms with Gasteiger partial charge in [0.1, 0.15) is 12.2 Å². The second-order valence-corrected chi connectivity index (χ2v) is 5.91. The number of carbonyl (C=O) groups excluding carboxylic acids is 1. The molecule has 1 aliphatic carbocycles. The van der Waals surface area contributed by atoms with Crippen LogP contribution in [-0.4, -0.2) is 39.5 Å². The topological polar surface area (TPSA) is 90.5 Å². The van der Waals surface area contributed by atoms with Gasteiger partial charge in [0.05, 0.1) is 0 Å². The van der Waals surface area contributed by atoms with Crippen LogP contribution in [0.15, 0.2) is 29.1 Å². The van der Waals surface area contributed by atoms with Crippen molar-refractivity contribution in [2.75, 3.05) is 6.54 Å². The summed E-state index contributed by atoms with van der Waals surface area (Å²) in [6, 6.07) is 7.01. The summed E-state index contributed by atoms with van der Waals surface area (Å²) in [6.45, 7) is 1.42. The zero-order valence-electron chi connectivity index (χ0n) is 12.8. The molecule has 1 aromatic heterocycles. The van der Waals surface area contributed by atoms with Gasteiger partial charge in [0, 0.05) is 11.4 Å². The average Bonchev–Trinajstić information content (AvgIpc) is 2.47. The summed E-state index contributed by atoms with van der Waals surface area (Å²) in [4.78, 5) is 40.1. The number of carboxylic acids is 1. The van der Waals surface area contributed by atoms with Crippen LogP contribution in [0.25, 0.3) is 10.8 Å². The molecule has 6 nitrogen and oxygen atoms in total. The number of rotatable bonds is 4. The maximum absolute atomic E-state index is 12.8. The number of nitrogens with zero attached hydrogens (tertiary/aromatic N) is 1. The van der Waals surface area contributed by atoms with Crippen molar-refractivity contribution in [3.05, 3.63) is 45.9 Å². The van der Waals surface area contributed by atoms with Gasteiger partial charge in [-0.2, -0.15) is 0 Å². The van der Waals surface area contributed by atoms with Crippen LogP contribution in [-0.2, 0) is 4.79 Å². The Kier molecular flexibility index (Phi) is 3.90. The van der Waals surface area contributed by atoms with Gasteiger partial charge < -0.3 is 15.0 Å². The molecule has 3 rings (SSSR count). The van der Waals surface area contributed by atoms with Crippen LogP contribution < -0.4 is 5.56 Å². The number of benzene rings is 1. The number of aromatic nitrogens is 1. The molecule has 0 atom stereocenters. The molecule has 120 valence electrons. The van der Waals surface area contributed by atoms with E-state index in [9.17, 15) is 14.4 Å². The maximum Gasteiger partial charge on any atom is 0.323 e. The van der Waals surface area contributed by atoms with Gasteiger partial charge in [0.15, 0.2) is 0 Å². The minimum atomic E-state index is -1.05. The molecule has 1 amide bonds. The fourth-order valence-corrected chi connectivity index (χ4v) is 2.99. The summed E-state index contributed by atoms with van der Waals surface area (Å²) < 4.78 is 0. The fourth-order valence-electron chi connectivity index (χ4n) is 2.99. The SMILES string of the molecule is Cc1c(C(=O)N(CC(=O)O)C2CCC2)[nH]c(=O)c2ccccc12. The number of nitrogens with one attached hydrogen (secondary N) is 1. The smallest absolute Gasteiger partial charge is 0.323 e. The monoisotopic (exact) mass is 314 g/mol. The van der Waals surface area contributed by atoms with Gasteiger partial charge in [-0.25, -0.2) is 0 Å². The number of aromatic amines is 1. The lowest BCUT2D eigenvalue weighted by atomic mass is 9.91. The lowest BCUT2D eigenvalue weighted by Crippen LogP contribution is -2.47. The molecule has 2 aromatic rings. The third kappa shape index (κ3) is 2.72. The van der Waals surface area contributed by atoms with Crippen molar-refractivity contribution in [1.29, 1.82) is 0 Å². The Labute approximate surface area is 132 Å². The molecule has 0 bridgehead atoms. The molecule has 1 aromatic carbocycles. The number of aryl methyl sites for hydroxylation is 1. The van der Waals surface area contributed by atoms with E-state index in [1.54, 1.807) is 25.1 Å². The van der Waals surface area contributed by atoms with Gasteiger partial charge in [-0.1, -0.05) is 18.2 Å². The molecular formula is C17H18N2O4. The highest BCUT2D eigenvalue weighted by atomic mass is 16.4. The zero-order valence-corrected chi connectivity index (χ0v) is 12.8. The second-order valence-electron chi connectivity index (χ2n) is 5.91. The van der Waals surface area contributed by atoms with Crippen molar-refractivity contribution in [2.24, 2.45) is 0 Å². The predicted molar refractivity (Wildman–Crippen MR) is 85.6 cm³/mol. The van der Waals surface area contributed by atoms with Crippen LogP contribution in [0, 0.1) is 6.92 Å². The minimum Gasteiger partial charge on any atom is -0.480 e. The first-order chi connectivity index (χ1) is 11.0. The molecule has 0 aliphatic heterocycles. The highest BCUT2D eigenvalue weighted by molar-refractivity contribution is 6.00. The Morgan fingerprint density at radius 1 is 1.26 bits per heavy atom. The van der Waals surface area contributed by atoms with E-state index in [0.717, 1.165) is 19.3 Å². The average molecular weight is 314 g/mol. The number of amides is 1. The molecule has 1 saturated carbocycles. The lowest BCUT2D eigenvalue weighted by molar-refractivity contribution is -0.138. The molecule has 0 spiro atoms. The molecule has 0 saturated heterocycles. The molecule has 0 unspecified atom stereocenters. The van der Waals surface area contributed by atoms with E-state index < -0.39 is 11.9 Å². The van der Waals surface area contributed by atoms with Crippen LogP contribution in [0.5, 0.6) is 0 Å². The van der Waals surface area contributed by atoms with Crippen LogP contribution in [0.3, 0.4) is 0 Å². The number of carboxylic acid groups (broad SMARTS) is 1. The highest BCUT2D eigenvalue weighted by Gasteiger charge is 2.32. The largest absolute Gasteiger partial charge is 0.480 e. The molecule has 1 heterocycles. The van der Waals surface area contributed by atoms with Gasteiger partial charge in [-0.05, 0) is 43.2 Å². The number of pyridine rings is 1. The van der Waals surface area contributed by atoms with Gasteiger partial charge >= 0.3 is 5.97 Å². The summed E-state index contributed by atoms with van der Waals surface area (Å²) in [5, 5.41) is 10.3. The van der Waals surface area contributed by atoms with E-state index >= 15 is 0 Å². The van der Waals surface area contributed by atoms with E-state index in [1.165, 1.54) is 4.90 Å². The summed E-state index contributed by atoms with van der Waals surface area (Å²) in [5.74, 6) is -1.47. The van der Waals surface area contributed by atoms with Crippen molar-refractivity contribution in [3.63, 3.8) is 0 Å². The third-order valence-corrected chi connectivity index (χ3v) is 4.49.